The van der Waals surface area contributed by atoms with Gasteiger partial charge in [-0.1, -0.05) is 12.1 Å². The van der Waals surface area contributed by atoms with Gasteiger partial charge < -0.3 is 15.4 Å². The number of benzene rings is 1. The minimum atomic E-state index is 0.148. The van der Waals surface area contributed by atoms with Crippen molar-refractivity contribution >= 4 is 11.7 Å². The molecule has 3 rings (SSSR count). The Morgan fingerprint density at radius 1 is 1.42 bits per heavy atom. The first-order valence-corrected chi connectivity index (χ1v) is 8.73. The van der Waals surface area contributed by atoms with Gasteiger partial charge in [0.15, 0.2) is 0 Å². The van der Waals surface area contributed by atoms with Gasteiger partial charge in [-0.3, -0.25) is 9.69 Å². The van der Waals surface area contributed by atoms with Crippen LogP contribution < -0.4 is 10.5 Å². The summed E-state index contributed by atoms with van der Waals surface area (Å²) in [6.45, 7) is 2.12. The van der Waals surface area contributed by atoms with Crippen molar-refractivity contribution in [1.82, 2.24) is 19.8 Å². The minimum absolute atomic E-state index is 0.148. The van der Waals surface area contributed by atoms with Gasteiger partial charge in [-0.15, -0.1) is 0 Å². The SMILES string of the molecule is COc1cccc(CC(=O)N2CCC(N(C)Cc3nccc(N)n3)C2)c1. The number of ether oxygens (including phenoxy) is 1. The Morgan fingerprint density at radius 3 is 3.04 bits per heavy atom. The maximum absolute atomic E-state index is 12.6. The summed E-state index contributed by atoms with van der Waals surface area (Å²) in [7, 11) is 3.67. The molecule has 7 heteroatoms. The summed E-state index contributed by atoms with van der Waals surface area (Å²) in [6.07, 6.45) is 3.01. The van der Waals surface area contributed by atoms with E-state index in [9.17, 15) is 4.79 Å². The van der Waals surface area contributed by atoms with Crippen molar-refractivity contribution in [1.29, 1.82) is 0 Å². The van der Waals surface area contributed by atoms with Gasteiger partial charge in [0.1, 0.15) is 17.4 Å². The smallest absolute Gasteiger partial charge is 0.227 e. The maximum Gasteiger partial charge on any atom is 0.227 e. The van der Waals surface area contributed by atoms with Crippen molar-refractivity contribution < 1.29 is 9.53 Å². The number of carbonyl (C=O) groups excluding carboxylic acids is 1. The fraction of sp³-hybridized carbons (Fsp3) is 0.421. The first kappa shape index (κ1) is 18.1. The lowest BCUT2D eigenvalue weighted by Gasteiger charge is -2.24. The number of anilines is 1. The number of nitrogens with two attached hydrogens (primary N) is 1. The molecular weight excluding hydrogens is 330 g/mol. The summed E-state index contributed by atoms with van der Waals surface area (Å²) in [5, 5.41) is 0. The molecule has 26 heavy (non-hydrogen) atoms. The van der Waals surface area contributed by atoms with E-state index < -0.39 is 0 Å². The molecule has 2 N–H and O–H groups in total. The number of hydrogen-bond acceptors (Lipinski definition) is 6. The molecule has 0 bridgehead atoms. The molecule has 0 spiro atoms. The Kier molecular flexibility index (Phi) is 5.68. The second-order valence-electron chi connectivity index (χ2n) is 6.62. The molecule has 1 atom stereocenters. The van der Waals surface area contributed by atoms with E-state index in [1.165, 1.54) is 0 Å². The second kappa shape index (κ2) is 8.14. The van der Waals surface area contributed by atoms with Crippen LogP contribution in [0.1, 0.15) is 17.8 Å². The first-order valence-electron chi connectivity index (χ1n) is 8.73. The van der Waals surface area contributed by atoms with Crippen molar-refractivity contribution in [2.45, 2.75) is 25.4 Å². The predicted octanol–water partition coefficient (Wildman–Crippen LogP) is 1.34. The van der Waals surface area contributed by atoms with E-state index in [0.29, 0.717) is 30.6 Å². The van der Waals surface area contributed by atoms with Crippen LogP contribution in [0.3, 0.4) is 0 Å². The molecule has 1 amide bonds. The normalized spacial score (nSPS) is 16.9. The van der Waals surface area contributed by atoms with Crippen LogP contribution in [0.25, 0.3) is 0 Å². The Hall–Kier alpha value is -2.67. The summed E-state index contributed by atoms with van der Waals surface area (Å²) in [6, 6.07) is 9.64. The van der Waals surface area contributed by atoms with Gasteiger partial charge in [-0.05, 0) is 37.2 Å². The zero-order valence-electron chi connectivity index (χ0n) is 15.3. The molecule has 1 aliphatic rings. The number of methoxy groups -OCH3 is 1. The highest BCUT2D eigenvalue weighted by Gasteiger charge is 2.29. The number of amides is 1. The molecule has 2 heterocycles. The summed E-state index contributed by atoms with van der Waals surface area (Å²) in [5.41, 5.74) is 6.68. The monoisotopic (exact) mass is 355 g/mol. The fourth-order valence-electron chi connectivity index (χ4n) is 3.24. The van der Waals surface area contributed by atoms with Crippen molar-refractivity contribution in [2.24, 2.45) is 0 Å². The Morgan fingerprint density at radius 2 is 2.27 bits per heavy atom. The highest BCUT2D eigenvalue weighted by atomic mass is 16.5. The molecule has 138 valence electrons. The van der Waals surface area contributed by atoms with E-state index in [1.54, 1.807) is 19.4 Å². The molecule has 1 unspecified atom stereocenters. The molecule has 1 aliphatic heterocycles. The van der Waals surface area contributed by atoms with Crippen LogP contribution in [0, 0.1) is 0 Å². The van der Waals surface area contributed by atoms with Gasteiger partial charge >= 0.3 is 0 Å². The molecule has 7 nitrogen and oxygen atoms in total. The van der Waals surface area contributed by atoms with Crippen LogP contribution in [0.4, 0.5) is 5.82 Å². The van der Waals surface area contributed by atoms with Crippen LogP contribution in [-0.4, -0.2) is 59.0 Å². The van der Waals surface area contributed by atoms with Gasteiger partial charge in [0.25, 0.3) is 0 Å². The molecule has 0 saturated carbocycles. The average molecular weight is 355 g/mol. The number of hydrogen-bond donors (Lipinski definition) is 1. The van der Waals surface area contributed by atoms with Gasteiger partial charge in [-0.25, -0.2) is 9.97 Å². The van der Waals surface area contributed by atoms with Gasteiger partial charge in [-0.2, -0.15) is 0 Å². The van der Waals surface area contributed by atoms with Crippen LogP contribution in [-0.2, 0) is 17.8 Å². The summed E-state index contributed by atoms with van der Waals surface area (Å²) >= 11 is 0. The van der Waals surface area contributed by atoms with Crippen LogP contribution in [0.15, 0.2) is 36.5 Å². The zero-order chi connectivity index (χ0) is 18.5. The van der Waals surface area contributed by atoms with Gasteiger partial charge in [0.05, 0.1) is 20.1 Å². The number of nitrogen functional groups attached to an aromatic ring is 1. The van der Waals surface area contributed by atoms with E-state index >= 15 is 0 Å². The Bertz CT molecular complexity index is 767. The largest absolute Gasteiger partial charge is 0.497 e. The number of likely N-dealkylation sites (N-methyl/N-ethyl adjacent to an activating group) is 1. The van der Waals surface area contributed by atoms with Crippen molar-refractivity contribution in [2.75, 3.05) is 33.0 Å². The summed E-state index contributed by atoms with van der Waals surface area (Å²) < 4.78 is 5.22. The molecule has 2 aromatic rings. The fourth-order valence-corrected chi connectivity index (χ4v) is 3.24. The number of nitrogens with zero attached hydrogens (tertiary/aromatic N) is 4. The quantitative estimate of drug-likeness (QED) is 0.842. The van der Waals surface area contributed by atoms with Gasteiger partial charge in [0.2, 0.25) is 5.91 Å². The molecule has 0 radical (unpaired) electrons. The predicted molar refractivity (Wildman–Crippen MR) is 99.6 cm³/mol. The third-order valence-electron chi connectivity index (χ3n) is 4.75. The lowest BCUT2D eigenvalue weighted by Crippen LogP contribution is -2.37. The number of likely N-dealkylation sites (tertiary alicyclic amines) is 1. The maximum atomic E-state index is 12.6. The Labute approximate surface area is 153 Å². The molecule has 1 aromatic heterocycles. The molecule has 0 aliphatic carbocycles. The van der Waals surface area contributed by atoms with Gasteiger partial charge in [0, 0.05) is 25.3 Å². The summed E-state index contributed by atoms with van der Waals surface area (Å²) in [4.78, 5) is 25.2. The number of carbonyl (C=O) groups is 1. The first-order chi connectivity index (χ1) is 12.5. The second-order valence-corrected chi connectivity index (χ2v) is 6.62. The molecule has 1 fully saturated rings. The Balaban J connectivity index is 1.54. The van der Waals surface area contributed by atoms with Crippen LogP contribution in [0.5, 0.6) is 5.75 Å². The van der Waals surface area contributed by atoms with Crippen molar-refractivity contribution in [3.8, 4) is 5.75 Å². The minimum Gasteiger partial charge on any atom is -0.497 e. The third kappa shape index (κ3) is 4.49. The van der Waals surface area contributed by atoms with E-state index in [1.807, 2.05) is 36.2 Å². The standard InChI is InChI=1S/C19H25N5O2/c1-23(13-18-21-8-6-17(20)22-18)15-7-9-24(12-15)19(25)11-14-4-3-5-16(10-14)26-2/h3-6,8,10,15H,7,9,11-13H2,1-2H3,(H2,20,21,22). The van der Waals surface area contributed by atoms with Crippen LogP contribution >= 0.6 is 0 Å². The molecule has 1 aromatic carbocycles. The molecular formula is C19H25N5O2. The third-order valence-corrected chi connectivity index (χ3v) is 4.75. The average Bonchev–Trinajstić information content (AvgIpc) is 3.12. The lowest BCUT2D eigenvalue weighted by atomic mass is 10.1. The number of rotatable bonds is 6. The summed E-state index contributed by atoms with van der Waals surface area (Å²) in [5.74, 6) is 2.10. The molecule has 1 saturated heterocycles. The lowest BCUT2D eigenvalue weighted by molar-refractivity contribution is -0.129. The highest BCUT2D eigenvalue weighted by Crippen LogP contribution is 2.19. The van der Waals surface area contributed by atoms with E-state index in [2.05, 4.69) is 14.9 Å². The highest BCUT2D eigenvalue weighted by molar-refractivity contribution is 5.79. The van der Waals surface area contributed by atoms with Crippen molar-refractivity contribution in [3.63, 3.8) is 0 Å². The van der Waals surface area contributed by atoms with Crippen molar-refractivity contribution in [3.05, 3.63) is 47.9 Å². The van der Waals surface area contributed by atoms with Crippen LogP contribution in [0.2, 0.25) is 0 Å². The van der Waals surface area contributed by atoms with E-state index in [-0.39, 0.29) is 5.91 Å². The zero-order valence-corrected chi connectivity index (χ0v) is 15.3. The number of aromatic nitrogens is 2. The van der Waals surface area contributed by atoms with E-state index in [4.69, 9.17) is 10.5 Å². The van der Waals surface area contributed by atoms with E-state index in [0.717, 1.165) is 30.8 Å². The topological polar surface area (TPSA) is 84.6 Å².